The topological polar surface area (TPSA) is 66.4 Å². The van der Waals surface area contributed by atoms with E-state index < -0.39 is 12.0 Å². The Hall–Kier alpha value is -1.36. The number of hydrogen-bond donors (Lipinski definition) is 2. The summed E-state index contributed by atoms with van der Waals surface area (Å²) >= 11 is 3.35. The van der Waals surface area contributed by atoms with Gasteiger partial charge in [0.15, 0.2) is 0 Å². The lowest BCUT2D eigenvalue weighted by Crippen LogP contribution is -2.41. The van der Waals surface area contributed by atoms with E-state index in [-0.39, 0.29) is 11.8 Å². The Morgan fingerprint density at radius 1 is 1.25 bits per heavy atom. The molecular formula is C15H20BrNO3. The fraction of sp³-hybridized carbons (Fsp3) is 0.467. The van der Waals surface area contributed by atoms with E-state index in [1.165, 1.54) is 0 Å². The van der Waals surface area contributed by atoms with Gasteiger partial charge >= 0.3 is 5.97 Å². The molecule has 0 fully saturated rings. The maximum atomic E-state index is 11.8. The largest absolute Gasteiger partial charge is 0.480 e. The molecule has 5 heteroatoms. The lowest BCUT2D eigenvalue weighted by atomic mass is 10.0. The number of carboxylic acids is 1. The predicted molar refractivity (Wildman–Crippen MR) is 81.5 cm³/mol. The molecule has 110 valence electrons. The van der Waals surface area contributed by atoms with Gasteiger partial charge in [-0.3, -0.25) is 4.79 Å². The summed E-state index contributed by atoms with van der Waals surface area (Å²) in [5, 5.41) is 11.6. The Kier molecular flexibility index (Phi) is 6.71. The number of halogens is 1. The number of carbonyl (C=O) groups excluding carboxylic acids is 1. The quantitative estimate of drug-likeness (QED) is 0.801. The van der Waals surface area contributed by atoms with E-state index in [4.69, 9.17) is 5.11 Å². The third-order valence-electron chi connectivity index (χ3n) is 2.89. The summed E-state index contributed by atoms with van der Waals surface area (Å²) in [5.41, 5.74) is 1.05. The van der Waals surface area contributed by atoms with Crippen LogP contribution in [0.15, 0.2) is 28.7 Å². The summed E-state index contributed by atoms with van der Waals surface area (Å²) < 4.78 is 0.994. The first-order chi connectivity index (χ1) is 9.38. The Bertz CT molecular complexity index is 457. The van der Waals surface area contributed by atoms with E-state index in [0.29, 0.717) is 19.3 Å². The van der Waals surface area contributed by atoms with Crippen LogP contribution in [0.4, 0.5) is 0 Å². The average molecular weight is 342 g/mol. The van der Waals surface area contributed by atoms with Crippen LogP contribution in [0.5, 0.6) is 0 Å². The summed E-state index contributed by atoms with van der Waals surface area (Å²) in [5.74, 6) is -0.973. The fourth-order valence-corrected chi connectivity index (χ4v) is 2.13. The van der Waals surface area contributed by atoms with Crippen LogP contribution >= 0.6 is 15.9 Å². The number of nitrogens with one attached hydrogen (secondary N) is 1. The number of amides is 1. The van der Waals surface area contributed by atoms with Gasteiger partial charge < -0.3 is 10.4 Å². The zero-order valence-corrected chi connectivity index (χ0v) is 13.3. The highest BCUT2D eigenvalue weighted by molar-refractivity contribution is 9.10. The molecule has 0 radical (unpaired) electrons. The van der Waals surface area contributed by atoms with Crippen LogP contribution in [0, 0.1) is 5.92 Å². The SMILES string of the molecule is CC(C)C[C@@H](NC(=O)CCc1ccc(Br)cc1)C(=O)O. The lowest BCUT2D eigenvalue weighted by molar-refractivity contribution is -0.142. The van der Waals surface area contributed by atoms with E-state index >= 15 is 0 Å². The smallest absolute Gasteiger partial charge is 0.326 e. The molecule has 1 amide bonds. The number of aliphatic carboxylic acids is 1. The molecule has 0 aliphatic rings. The monoisotopic (exact) mass is 341 g/mol. The Morgan fingerprint density at radius 3 is 2.35 bits per heavy atom. The molecular weight excluding hydrogens is 322 g/mol. The molecule has 0 heterocycles. The van der Waals surface area contributed by atoms with Gasteiger partial charge in [0.1, 0.15) is 6.04 Å². The zero-order valence-electron chi connectivity index (χ0n) is 11.7. The van der Waals surface area contributed by atoms with Crippen LogP contribution < -0.4 is 5.32 Å². The van der Waals surface area contributed by atoms with Crippen LogP contribution in [-0.4, -0.2) is 23.0 Å². The maximum Gasteiger partial charge on any atom is 0.326 e. The molecule has 0 aliphatic carbocycles. The van der Waals surface area contributed by atoms with Crippen molar-refractivity contribution in [2.45, 2.75) is 39.2 Å². The Balaban J connectivity index is 2.45. The molecule has 1 rings (SSSR count). The van der Waals surface area contributed by atoms with Crippen LogP contribution in [0.2, 0.25) is 0 Å². The van der Waals surface area contributed by atoms with Crippen molar-refractivity contribution in [1.29, 1.82) is 0 Å². The van der Waals surface area contributed by atoms with Crippen LogP contribution in [-0.2, 0) is 16.0 Å². The van der Waals surface area contributed by atoms with E-state index in [1.54, 1.807) is 0 Å². The molecule has 0 aromatic heterocycles. The van der Waals surface area contributed by atoms with Gasteiger partial charge in [-0.05, 0) is 36.5 Å². The van der Waals surface area contributed by atoms with Gasteiger partial charge in [0, 0.05) is 10.9 Å². The molecule has 1 aromatic carbocycles. The summed E-state index contributed by atoms with van der Waals surface area (Å²) in [6.45, 7) is 3.87. The minimum atomic E-state index is -0.976. The summed E-state index contributed by atoms with van der Waals surface area (Å²) in [6, 6.07) is 6.94. The second-order valence-corrected chi connectivity index (χ2v) is 6.13. The predicted octanol–water partition coefficient (Wildman–Crippen LogP) is 3.00. The zero-order chi connectivity index (χ0) is 15.1. The third-order valence-corrected chi connectivity index (χ3v) is 3.42. The highest BCUT2D eigenvalue weighted by atomic mass is 79.9. The molecule has 0 spiro atoms. The molecule has 1 atom stereocenters. The number of hydrogen-bond acceptors (Lipinski definition) is 2. The third kappa shape index (κ3) is 6.19. The second kappa shape index (κ2) is 8.04. The number of aryl methyl sites for hydroxylation is 1. The van der Waals surface area contributed by atoms with Gasteiger partial charge in [-0.25, -0.2) is 4.79 Å². The molecule has 1 aromatic rings. The summed E-state index contributed by atoms with van der Waals surface area (Å²) in [4.78, 5) is 22.9. The molecule has 0 aliphatic heterocycles. The van der Waals surface area contributed by atoms with E-state index in [1.807, 2.05) is 38.1 Å². The first-order valence-corrected chi connectivity index (χ1v) is 7.44. The summed E-state index contributed by atoms with van der Waals surface area (Å²) in [6.07, 6.45) is 1.34. The van der Waals surface area contributed by atoms with E-state index in [2.05, 4.69) is 21.2 Å². The minimum Gasteiger partial charge on any atom is -0.480 e. The van der Waals surface area contributed by atoms with Crippen molar-refractivity contribution in [1.82, 2.24) is 5.32 Å². The standard InChI is InChI=1S/C15H20BrNO3/c1-10(2)9-13(15(19)20)17-14(18)8-5-11-3-6-12(16)7-4-11/h3-4,6-7,10,13H,5,8-9H2,1-2H3,(H,17,18)(H,19,20)/t13-/m1/s1. The van der Waals surface area contributed by atoms with Gasteiger partial charge in [-0.1, -0.05) is 41.9 Å². The number of benzene rings is 1. The molecule has 20 heavy (non-hydrogen) atoms. The number of rotatable bonds is 7. The lowest BCUT2D eigenvalue weighted by Gasteiger charge is -2.16. The van der Waals surface area contributed by atoms with Crippen LogP contribution in [0.3, 0.4) is 0 Å². The second-order valence-electron chi connectivity index (χ2n) is 5.21. The first kappa shape index (κ1) is 16.7. The summed E-state index contributed by atoms with van der Waals surface area (Å²) in [7, 11) is 0. The van der Waals surface area contributed by atoms with Crippen molar-refractivity contribution >= 4 is 27.8 Å². The van der Waals surface area contributed by atoms with E-state index in [9.17, 15) is 9.59 Å². The minimum absolute atomic E-state index is 0.221. The fourth-order valence-electron chi connectivity index (χ4n) is 1.87. The number of carboxylic acid groups (broad SMARTS) is 1. The molecule has 0 saturated carbocycles. The van der Waals surface area contributed by atoms with E-state index in [0.717, 1.165) is 10.0 Å². The van der Waals surface area contributed by atoms with Gasteiger partial charge in [-0.15, -0.1) is 0 Å². The van der Waals surface area contributed by atoms with Gasteiger partial charge in [0.2, 0.25) is 5.91 Å². The average Bonchev–Trinajstić information content (AvgIpc) is 2.36. The Morgan fingerprint density at radius 2 is 1.85 bits per heavy atom. The van der Waals surface area contributed by atoms with Crippen molar-refractivity contribution < 1.29 is 14.7 Å². The Labute approximate surface area is 127 Å². The maximum absolute atomic E-state index is 11.8. The van der Waals surface area contributed by atoms with Crippen molar-refractivity contribution in [3.05, 3.63) is 34.3 Å². The normalized spacial score (nSPS) is 12.2. The molecule has 4 nitrogen and oxygen atoms in total. The van der Waals surface area contributed by atoms with Crippen molar-refractivity contribution in [3.63, 3.8) is 0 Å². The first-order valence-electron chi connectivity index (χ1n) is 6.65. The molecule has 0 saturated heterocycles. The van der Waals surface area contributed by atoms with Crippen LogP contribution in [0.1, 0.15) is 32.3 Å². The van der Waals surface area contributed by atoms with Crippen molar-refractivity contribution in [2.24, 2.45) is 5.92 Å². The molecule has 0 bridgehead atoms. The molecule has 0 unspecified atom stereocenters. The van der Waals surface area contributed by atoms with Crippen LogP contribution in [0.25, 0.3) is 0 Å². The molecule has 2 N–H and O–H groups in total. The van der Waals surface area contributed by atoms with Gasteiger partial charge in [0.25, 0.3) is 0 Å². The number of carbonyl (C=O) groups is 2. The highest BCUT2D eigenvalue weighted by Gasteiger charge is 2.20. The van der Waals surface area contributed by atoms with Crippen molar-refractivity contribution in [3.8, 4) is 0 Å². The highest BCUT2D eigenvalue weighted by Crippen LogP contribution is 2.12. The van der Waals surface area contributed by atoms with Gasteiger partial charge in [-0.2, -0.15) is 0 Å². The van der Waals surface area contributed by atoms with Crippen molar-refractivity contribution in [2.75, 3.05) is 0 Å². The van der Waals surface area contributed by atoms with Gasteiger partial charge in [0.05, 0.1) is 0 Å².